The third-order valence-electron chi connectivity index (χ3n) is 5.13. The summed E-state index contributed by atoms with van der Waals surface area (Å²) in [5, 5.41) is 7.32. The van der Waals surface area contributed by atoms with E-state index in [2.05, 4.69) is 42.2 Å². The first kappa shape index (κ1) is 15.4. The fourth-order valence-corrected chi connectivity index (χ4v) is 3.85. The third kappa shape index (κ3) is 2.63. The largest absolute Gasteiger partial charge is 0.370 e. The molecule has 1 aliphatic carbocycles. The van der Waals surface area contributed by atoms with E-state index in [4.69, 9.17) is 4.74 Å². The number of morpholine rings is 1. The van der Waals surface area contributed by atoms with Gasteiger partial charge in [-0.2, -0.15) is 5.10 Å². The lowest BCUT2D eigenvalue weighted by molar-refractivity contribution is -0.0233. The van der Waals surface area contributed by atoms with E-state index in [0.717, 1.165) is 30.5 Å². The van der Waals surface area contributed by atoms with Gasteiger partial charge >= 0.3 is 0 Å². The van der Waals surface area contributed by atoms with E-state index >= 15 is 0 Å². The minimum Gasteiger partial charge on any atom is -0.370 e. The SMILES string of the molecule is Cc1ccc([C@@H]2CN(C(=O)c3n[nH]c4c3CCC4)CCO2)c(C)c1. The summed E-state index contributed by atoms with van der Waals surface area (Å²) in [4.78, 5) is 14.8. The first-order valence-electron chi connectivity index (χ1n) is 8.67. The summed E-state index contributed by atoms with van der Waals surface area (Å²) in [6.45, 7) is 5.97. The Morgan fingerprint density at radius 2 is 2.21 bits per heavy atom. The Morgan fingerprint density at radius 3 is 3.04 bits per heavy atom. The van der Waals surface area contributed by atoms with Crippen LogP contribution in [0.5, 0.6) is 0 Å². The molecular weight excluding hydrogens is 302 g/mol. The van der Waals surface area contributed by atoms with Crippen LogP contribution in [-0.4, -0.2) is 40.7 Å². The molecule has 2 aliphatic rings. The summed E-state index contributed by atoms with van der Waals surface area (Å²) in [5.41, 5.74) is 6.50. The smallest absolute Gasteiger partial charge is 0.274 e. The van der Waals surface area contributed by atoms with Gasteiger partial charge in [-0.05, 0) is 44.2 Å². The summed E-state index contributed by atoms with van der Waals surface area (Å²) in [5.74, 6) is 0.0347. The van der Waals surface area contributed by atoms with Crippen molar-refractivity contribution in [3.63, 3.8) is 0 Å². The van der Waals surface area contributed by atoms with Crippen LogP contribution < -0.4 is 0 Å². The highest BCUT2D eigenvalue weighted by Crippen LogP contribution is 2.28. The Labute approximate surface area is 142 Å². The Balaban J connectivity index is 1.55. The van der Waals surface area contributed by atoms with Crippen LogP contribution in [0.1, 0.15) is 51.0 Å². The number of nitrogens with one attached hydrogen (secondary N) is 1. The quantitative estimate of drug-likeness (QED) is 0.923. The molecule has 1 amide bonds. The van der Waals surface area contributed by atoms with E-state index < -0.39 is 0 Å². The van der Waals surface area contributed by atoms with E-state index in [9.17, 15) is 4.79 Å². The number of benzene rings is 1. The molecule has 5 heteroatoms. The maximum absolute atomic E-state index is 12.9. The second-order valence-electron chi connectivity index (χ2n) is 6.85. The zero-order valence-electron chi connectivity index (χ0n) is 14.3. The van der Waals surface area contributed by atoms with Crippen molar-refractivity contribution in [1.82, 2.24) is 15.1 Å². The number of carbonyl (C=O) groups is 1. The van der Waals surface area contributed by atoms with E-state index in [0.29, 0.717) is 25.4 Å². The van der Waals surface area contributed by atoms with Gasteiger partial charge in [0.05, 0.1) is 13.2 Å². The second-order valence-corrected chi connectivity index (χ2v) is 6.85. The van der Waals surface area contributed by atoms with Crippen LogP contribution >= 0.6 is 0 Å². The highest BCUT2D eigenvalue weighted by Gasteiger charge is 2.31. The minimum atomic E-state index is -0.0599. The molecule has 126 valence electrons. The standard InChI is InChI=1S/C19H23N3O2/c1-12-6-7-14(13(2)10-12)17-11-22(8-9-24-17)19(23)18-15-4-3-5-16(15)20-21-18/h6-7,10,17H,3-5,8-9,11H2,1-2H3,(H,20,21)/t17-/m0/s1. The molecule has 2 heterocycles. The number of rotatable bonds is 2. The first-order chi connectivity index (χ1) is 11.6. The first-order valence-corrected chi connectivity index (χ1v) is 8.67. The van der Waals surface area contributed by atoms with E-state index in [1.165, 1.54) is 16.7 Å². The van der Waals surface area contributed by atoms with Crippen LogP contribution in [0.15, 0.2) is 18.2 Å². The molecule has 0 radical (unpaired) electrons. The maximum Gasteiger partial charge on any atom is 0.274 e. The van der Waals surface area contributed by atoms with Gasteiger partial charge in [0.25, 0.3) is 5.91 Å². The molecule has 0 spiro atoms. The normalized spacial score (nSPS) is 20.2. The van der Waals surface area contributed by atoms with Crippen molar-refractivity contribution in [1.29, 1.82) is 0 Å². The predicted molar refractivity (Wildman–Crippen MR) is 91.1 cm³/mol. The van der Waals surface area contributed by atoms with Gasteiger partial charge in [0.2, 0.25) is 0 Å². The molecule has 1 atom stereocenters. The summed E-state index contributed by atoms with van der Waals surface area (Å²) < 4.78 is 5.95. The lowest BCUT2D eigenvalue weighted by Gasteiger charge is -2.33. The predicted octanol–water partition coefficient (Wildman–Crippen LogP) is 2.73. The van der Waals surface area contributed by atoms with Gasteiger partial charge in [-0.3, -0.25) is 9.89 Å². The molecule has 2 aromatic rings. The highest BCUT2D eigenvalue weighted by atomic mass is 16.5. The third-order valence-corrected chi connectivity index (χ3v) is 5.13. The number of hydrogen-bond donors (Lipinski definition) is 1. The number of amides is 1. The average Bonchev–Trinajstić information content (AvgIpc) is 3.17. The molecular formula is C19H23N3O2. The van der Waals surface area contributed by atoms with Crippen molar-refractivity contribution in [2.75, 3.05) is 19.7 Å². The number of hydrogen-bond acceptors (Lipinski definition) is 3. The molecule has 1 aromatic heterocycles. The van der Waals surface area contributed by atoms with Crippen molar-refractivity contribution in [3.05, 3.63) is 51.8 Å². The average molecular weight is 325 g/mol. The van der Waals surface area contributed by atoms with E-state index in [-0.39, 0.29) is 12.0 Å². The van der Waals surface area contributed by atoms with Gasteiger partial charge in [-0.15, -0.1) is 0 Å². The summed E-state index contributed by atoms with van der Waals surface area (Å²) in [6.07, 6.45) is 3.01. The number of ether oxygens (including phenoxy) is 1. The molecule has 1 N–H and O–H groups in total. The van der Waals surface area contributed by atoms with Crippen LogP contribution in [0.25, 0.3) is 0 Å². The van der Waals surface area contributed by atoms with Gasteiger partial charge in [0.1, 0.15) is 6.10 Å². The summed E-state index contributed by atoms with van der Waals surface area (Å²) in [7, 11) is 0. The van der Waals surface area contributed by atoms with Crippen molar-refractivity contribution >= 4 is 5.91 Å². The molecule has 5 nitrogen and oxygen atoms in total. The van der Waals surface area contributed by atoms with Crippen LogP contribution in [0.2, 0.25) is 0 Å². The molecule has 0 bridgehead atoms. The molecule has 1 aliphatic heterocycles. The molecule has 0 unspecified atom stereocenters. The molecule has 1 saturated heterocycles. The van der Waals surface area contributed by atoms with Crippen LogP contribution in [0, 0.1) is 13.8 Å². The van der Waals surface area contributed by atoms with Gasteiger partial charge in [0.15, 0.2) is 5.69 Å². The minimum absolute atomic E-state index is 0.0347. The summed E-state index contributed by atoms with van der Waals surface area (Å²) >= 11 is 0. The zero-order chi connectivity index (χ0) is 16.7. The van der Waals surface area contributed by atoms with Gasteiger partial charge in [-0.25, -0.2) is 0 Å². The van der Waals surface area contributed by atoms with Gasteiger partial charge < -0.3 is 9.64 Å². The number of H-pyrrole nitrogens is 1. The Morgan fingerprint density at radius 1 is 1.33 bits per heavy atom. The topological polar surface area (TPSA) is 58.2 Å². The number of aromatic nitrogens is 2. The monoisotopic (exact) mass is 325 g/mol. The number of aryl methyl sites for hydroxylation is 3. The lowest BCUT2D eigenvalue weighted by Crippen LogP contribution is -2.42. The molecule has 1 fully saturated rings. The number of fused-ring (bicyclic) bond motifs is 1. The molecule has 1 aromatic carbocycles. The van der Waals surface area contributed by atoms with Crippen LogP contribution in [0.3, 0.4) is 0 Å². The van der Waals surface area contributed by atoms with Crippen molar-refractivity contribution < 1.29 is 9.53 Å². The lowest BCUT2D eigenvalue weighted by atomic mass is 9.99. The van der Waals surface area contributed by atoms with Crippen molar-refractivity contribution in [3.8, 4) is 0 Å². The Hall–Kier alpha value is -2.14. The van der Waals surface area contributed by atoms with Gasteiger partial charge in [-0.1, -0.05) is 23.8 Å². The summed E-state index contributed by atoms with van der Waals surface area (Å²) in [6, 6.07) is 6.39. The van der Waals surface area contributed by atoms with Crippen LogP contribution in [-0.2, 0) is 17.6 Å². The van der Waals surface area contributed by atoms with Crippen LogP contribution in [0.4, 0.5) is 0 Å². The molecule has 24 heavy (non-hydrogen) atoms. The highest BCUT2D eigenvalue weighted by molar-refractivity contribution is 5.94. The number of aromatic amines is 1. The Kier molecular flexibility index (Phi) is 3.88. The molecule has 0 saturated carbocycles. The number of nitrogens with zero attached hydrogens (tertiary/aromatic N) is 2. The molecule has 4 rings (SSSR count). The van der Waals surface area contributed by atoms with E-state index in [1.54, 1.807) is 0 Å². The van der Waals surface area contributed by atoms with Crippen molar-refractivity contribution in [2.24, 2.45) is 0 Å². The fraction of sp³-hybridized carbons (Fsp3) is 0.474. The van der Waals surface area contributed by atoms with E-state index in [1.807, 2.05) is 4.90 Å². The number of carbonyl (C=O) groups excluding carboxylic acids is 1. The zero-order valence-corrected chi connectivity index (χ0v) is 14.3. The fourth-order valence-electron chi connectivity index (χ4n) is 3.85. The van der Waals surface area contributed by atoms with Crippen molar-refractivity contribution in [2.45, 2.75) is 39.2 Å². The Bertz CT molecular complexity index is 781. The second kappa shape index (κ2) is 6.06. The maximum atomic E-state index is 12.9. The van der Waals surface area contributed by atoms with Gasteiger partial charge in [0, 0.05) is 17.8 Å².